The Morgan fingerprint density at radius 1 is 1.21 bits per heavy atom. The topological polar surface area (TPSA) is 98.1 Å². The summed E-state index contributed by atoms with van der Waals surface area (Å²) in [7, 11) is 0. The van der Waals surface area contributed by atoms with Crippen molar-refractivity contribution in [2.24, 2.45) is 5.41 Å². The van der Waals surface area contributed by atoms with Crippen molar-refractivity contribution in [1.82, 2.24) is 4.90 Å². The normalized spacial score (nSPS) is 22.1. The minimum absolute atomic E-state index is 0.0351. The van der Waals surface area contributed by atoms with E-state index in [2.05, 4.69) is 0 Å². The fourth-order valence-electron chi connectivity index (χ4n) is 3.69. The van der Waals surface area contributed by atoms with Crippen LogP contribution in [0.5, 0.6) is 5.75 Å². The molecule has 1 saturated heterocycles. The molecule has 1 aliphatic rings. The van der Waals surface area contributed by atoms with Gasteiger partial charge in [-0.05, 0) is 55.2 Å². The number of aromatic hydroxyl groups is 1. The lowest BCUT2D eigenvalue weighted by Crippen LogP contribution is -2.58. The van der Waals surface area contributed by atoms with Crippen molar-refractivity contribution in [3.63, 3.8) is 0 Å². The number of halogens is 1. The van der Waals surface area contributed by atoms with Crippen LogP contribution in [0.15, 0.2) is 42.5 Å². The van der Waals surface area contributed by atoms with Gasteiger partial charge >= 0.3 is 5.97 Å². The van der Waals surface area contributed by atoms with Gasteiger partial charge in [-0.2, -0.15) is 0 Å². The highest BCUT2D eigenvalue weighted by Gasteiger charge is 2.50. The molecule has 0 aliphatic carbocycles. The average molecular weight is 387 g/mol. The summed E-state index contributed by atoms with van der Waals surface area (Å²) in [5.41, 5.74) is -0.0901. The van der Waals surface area contributed by atoms with E-state index in [0.29, 0.717) is 11.1 Å². The van der Waals surface area contributed by atoms with Gasteiger partial charge in [-0.3, -0.25) is 9.59 Å². The number of carbonyl (C=O) groups excluding carboxylic acids is 1. The number of aryl methyl sites for hydroxylation is 1. The van der Waals surface area contributed by atoms with Crippen LogP contribution in [0.25, 0.3) is 0 Å². The first kappa shape index (κ1) is 19.8. The minimum Gasteiger partial charge on any atom is -0.508 e. The number of amides is 1. The van der Waals surface area contributed by atoms with E-state index in [0.717, 1.165) is 0 Å². The molecule has 2 aromatic rings. The molecule has 0 bridgehead atoms. The van der Waals surface area contributed by atoms with Crippen molar-refractivity contribution in [2.45, 2.75) is 25.9 Å². The lowest BCUT2D eigenvalue weighted by atomic mass is 9.72. The highest BCUT2D eigenvalue weighted by molar-refractivity contribution is 5.96. The fraction of sp³-hybridized carbons (Fsp3) is 0.333. The summed E-state index contributed by atoms with van der Waals surface area (Å²) >= 11 is 0. The monoisotopic (exact) mass is 387 g/mol. The molecule has 28 heavy (non-hydrogen) atoms. The van der Waals surface area contributed by atoms with Crippen molar-refractivity contribution in [3.8, 4) is 5.75 Å². The second-order valence-electron chi connectivity index (χ2n) is 7.29. The van der Waals surface area contributed by atoms with E-state index in [-0.39, 0.29) is 37.2 Å². The Labute approximate surface area is 161 Å². The van der Waals surface area contributed by atoms with E-state index in [1.807, 2.05) is 0 Å². The number of carboxylic acids is 1. The van der Waals surface area contributed by atoms with Crippen molar-refractivity contribution in [1.29, 1.82) is 0 Å². The highest BCUT2D eigenvalue weighted by atomic mass is 19.1. The van der Waals surface area contributed by atoms with Crippen molar-refractivity contribution in [3.05, 3.63) is 65.0 Å². The first-order valence-corrected chi connectivity index (χ1v) is 8.98. The van der Waals surface area contributed by atoms with Crippen molar-refractivity contribution < 1.29 is 29.3 Å². The van der Waals surface area contributed by atoms with Gasteiger partial charge in [0.25, 0.3) is 5.91 Å². The smallest absolute Gasteiger partial charge is 0.314 e. The third-order valence-electron chi connectivity index (χ3n) is 5.38. The molecule has 0 saturated carbocycles. The zero-order chi connectivity index (χ0) is 20.5. The zero-order valence-electron chi connectivity index (χ0n) is 15.4. The quantitative estimate of drug-likeness (QED) is 0.748. The first-order chi connectivity index (χ1) is 13.2. The van der Waals surface area contributed by atoms with Crippen LogP contribution in [0.4, 0.5) is 4.39 Å². The molecule has 0 spiro atoms. The Morgan fingerprint density at radius 3 is 2.54 bits per heavy atom. The molecular weight excluding hydrogens is 365 g/mol. The summed E-state index contributed by atoms with van der Waals surface area (Å²) in [5, 5.41) is 30.2. The van der Waals surface area contributed by atoms with E-state index in [9.17, 15) is 29.3 Å². The number of phenols is 1. The number of benzene rings is 2. The second-order valence-corrected chi connectivity index (χ2v) is 7.29. The van der Waals surface area contributed by atoms with Gasteiger partial charge in [-0.25, -0.2) is 4.39 Å². The molecule has 7 heteroatoms. The van der Waals surface area contributed by atoms with Crippen LogP contribution in [0.3, 0.4) is 0 Å². The van der Waals surface area contributed by atoms with Gasteiger partial charge in [0.1, 0.15) is 17.0 Å². The largest absolute Gasteiger partial charge is 0.508 e. The van der Waals surface area contributed by atoms with Crippen LogP contribution in [-0.4, -0.2) is 51.3 Å². The number of aliphatic hydroxyl groups is 1. The lowest BCUT2D eigenvalue weighted by molar-refractivity contribution is -0.161. The number of aliphatic hydroxyl groups excluding tert-OH is 1. The van der Waals surface area contributed by atoms with E-state index >= 15 is 0 Å². The summed E-state index contributed by atoms with van der Waals surface area (Å²) in [5.74, 6) is -2.10. The van der Waals surface area contributed by atoms with Crippen molar-refractivity contribution >= 4 is 11.9 Å². The maximum Gasteiger partial charge on any atom is 0.314 e. The lowest BCUT2D eigenvalue weighted by Gasteiger charge is -2.43. The molecule has 0 aromatic heterocycles. The minimum atomic E-state index is -1.60. The molecule has 1 heterocycles. The predicted octanol–water partition coefficient (Wildman–Crippen LogP) is 2.36. The molecule has 0 unspecified atom stereocenters. The van der Waals surface area contributed by atoms with Crippen LogP contribution >= 0.6 is 0 Å². The number of carboxylic acid groups (broad SMARTS) is 1. The van der Waals surface area contributed by atoms with Gasteiger partial charge < -0.3 is 20.2 Å². The summed E-state index contributed by atoms with van der Waals surface area (Å²) in [6.45, 7) is 1.75. The van der Waals surface area contributed by atoms with Gasteiger partial charge in [0.2, 0.25) is 0 Å². The highest BCUT2D eigenvalue weighted by Crippen LogP contribution is 2.35. The molecule has 1 amide bonds. The Bertz CT molecular complexity index is 898. The Balaban J connectivity index is 1.92. The molecule has 2 atom stereocenters. The fourth-order valence-corrected chi connectivity index (χ4v) is 3.69. The van der Waals surface area contributed by atoms with Gasteiger partial charge in [0.15, 0.2) is 0 Å². The number of phenolic OH excluding ortho intramolecular Hbond substituents is 1. The predicted molar refractivity (Wildman–Crippen MR) is 99.5 cm³/mol. The third kappa shape index (κ3) is 3.71. The van der Waals surface area contributed by atoms with E-state index in [1.54, 1.807) is 13.0 Å². The van der Waals surface area contributed by atoms with Crippen LogP contribution in [-0.2, 0) is 11.2 Å². The molecule has 0 radical (unpaired) electrons. The Hall–Kier alpha value is -2.93. The third-order valence-corrected chi connectivity index (χ3v) is 5.38. The molecular formula is C21H22FNO5. The van der Waals surface area contributed by atoms with Gasteiger partial charge in [-0.15, -0.1) is 0 Å². The molecule has 1 aliphatic heterocycles. The maximum absolute atomic E-state index is 13.2. The SMILES string of the molecule is Cc1ccc(O)cc1C(=O)N1CC[C@@H](O)[C@](Cc2ccc(F)cc2)(C(=O)O)C1. The number of hydrogen-bond donors (Lipinski definition) is 3. The molecule has 3 N–H and O–H groups in total. The molecule has 6 nitrogen and oxygen atoms in total. The maximum atomic E-state index is 13.2. The van der Waals surface area contributed by atoms with Crippen LogP contribution < -0.4 is 0 Å². The van der Waals surface area contributed by atoms with E-state index in [1.165, 1.54) is 41.3 Å². The Morgan fingerprint density at radius 2 is 1.89 bits per heavy atom. The van der Waals surface area contributed by atoms with Crippen molar-refractivity contribution in [2.75, 3.05) is 13.1 Å². The standard InChI is InChI=1S/C21H22FNO5/c1-13-2-7-16(24)10-17(13)19(26)23-9-8-18(25)21(12-23,20(27)28)11-14-3-5-15(22)6-4-14/h2-7,10,18,24-25H,8-9,11-12H2,1H3,(H,27,28)/t18-,21-/m1/s1. The summed E-state index contributed by atoms with van der Waals surface area (Å²) in [6.07, 6.45) is -1.08. The summed E-state index contributed by atoms with van der Waals surface area (Å²) < 4.78 is 13.2. The molecule has 2 aromatic carbocycles. The van der Waals surface area contributed by atoms with Gasteiger partial charge in [-0.1, -0.05) is 18.2 Å². The number of aliphatic carboxylic acids is 1. The van der Waals surface area contributed by atoms with Crippen LogP contribution in [0.2, 0.25) is 0 Å². The number of hydrogen-bond acceptors (Lipinski definition) is 4. The molecule has 1 fully saturated rings. The van der Waals surface area contributed by atoms with E-state index < -0.39 is 29.2 Å². The Kier molecular flexibility index (Phi) is 5.38. The number of nitrogens with zero attached hydrogens (tertiary/aromatic N) is 1. The molecule has 148 valence electrons. The van der Waals surface area contributed by atoms with Crippen LogP contribution in [0, 0.1) is 18.2 Å². The number of rotatable bonds is 4. The number of piperidine rings is 1. The van der Waals surface area contributed by atoms with Gasteiger partial charge in [0.05, 0.1) is 6.10 Å². The summed E-state index contributed by atoms with van der Waals surface area (Å²) in [4.78, 5) is 26.5. The zero-order valence-corrected chi connectivity index (χ0v) is 15.4. The summed E-state index contributed by atoms with van der Waals surface area (Å²) in [6, 6.07) is 9.87. The number of carbonyl (C=O) groups is 2. The first-order valence-electron chi connectivity index (χ1n) is 8.98. The number of likely N-dealkylation sites (tertiary alicyclic amines) is 1. The second kappa shape index (κ2) is 7.59. The van der Waals surface area contributed by atoms with Crippen LogP contribution in [0.1, 0.15) is 27.9 Å². The molecule has 3 rings (SSSR count). The van der Waals surface area contributed by atoms with E-state index in [4.69, 9.17) is 0 Å². The average Bonchev–Trinajstić information content (AvgIpc) is 2.66. The van der Waals surface area contributed by atoms with Gasteiger partial charge in [0, 0.05) is 18.7 Å².